The molecule has 0 bridgehead atoms. The second kappa shape index (κ2) is 17.4. The summed E-state index contributed by atoms with van der Waals surface area (Å²) in [4.78, 5) is 21.2. The van der Waals surface area contributed by atoms with Crippen molar-refractivity contribution in [1.29, 1.82) is 0 Å². The maximum Gasteiger partial charge on any atom is 0.281 e. The number of carbonyl (C=O) groups excluding carboxylic acids is 1. The number of hydrogen-bond donors (Lipinski definition) is 3. The molecule has 4 heterocycles. The van der Waals surface area contributed by atoms with Crippen LogP contribution < -0.4 is 20.5 Å². The average Bonchev–Trinajstić information content (AvgIpc) is 3.24. The van der Waals surface area contributed by atoms with Gasteiger partial charge in [0.1, 0.15) is 11.5 Å². The van der Waals surface area contributed by atoms with Crippen molar-refractivity contribution >= 4 is 29.7 Å². The smallest absolute Gasteiger partial charge is 0.281 e. The minimum absolute atomic E-state index is 0.00278. The van der Waals surface area contributed by atoms with Crippen molar-refractivity contribution in [3.05, 3.63) is 47.2 Å². The number of piperidine rings is 1. The van der Waals surface area contributed by atoms with Crippen molar-refractivity contribution in [3.8, 4) is 0 Å². The fraction of sp³-hybridized carbons (Fsp3) is 0.606. The lowest BCUT2D eigenvalue weighted by Gasteiger charge is -2.43. The van der Waals surface area contributed by atoms with Crippen molar-refractivity contribution in [2.75, 3.05) is 82.4 Å². The number of amides is 1. The van der Waals surface area contributed by atoms with Crippen molar-refractivity contribution in [2.45, 2.75) is 52.6 Å². The van der Waals surface area contributed by atoms with Crippen molar-refractivity contribution in [3.63, 3.8) is 0 Å². The highest BCUT2D eigenvalue weighted by atomic mass is 19.3. The number of piperazine rings is 1. The lowest BCUT2D eigenvalue weighted by molar-refractivity contribution is -0.126. The molecule has 250 valence electrons. The lowest BCUT2D eigenvalue weighted by atomic mass is 9.76. The zero-order valence-electron chi connectivity index (χ0n) is 27.5. The second-order valence-electron chi connectivity index (χ2n) is 11.4. The highest BCUT2D eigenvalue weighted by Gasteiger charge is 2.41. The van der Waals surface area contributed by atoms with Gasteiger partial charge in [-0.2, -0.15) is 5.10 Å². The molecule has 0 radical (unpaired) electrons. The quantitative estimate of drug-likeness (QED) is 0.333. The van der Waals surface area contributed by atoms with Gasteiger partial charge in [0.05, 0.1) is 12.2 Å². The first-order chi connectivity index (χ1) is 21.6. The third-order valence-corrected chi connectivity index (χ3v) is 8.60. The number of rotatable bonds is 10. The summed E-state index contributed by atoms with van der Waals surface area (Å²) >= 11 is 0. The molecular weight excluding hydrogens is 580 g/mol. The third kappa shape index (κ3) is 9.11. The van der Waals surface area contributed by atoms with Crippen LogP contribution in [0.2, 0.25) is 0 Å². The number of hydrogen-bond acceptors (Lipinski definition) is 9. The van der Waals surface area contributed by atoms with E-state index >= 15 is 0 Å². The van der Waals surface area contributed by atoms with E-state index in [1.165, 1.54) is 6.08 Å². The van der Waals surface area contributed by atoms with Crippen LogP contribution in [0.15, 0.2) is 41.0 Å². The van der Waals surface area contributed by atoms with Gasteiger partial charge >= 0.3 is 0 Å². The van der Waals surface area contributed by atoms with Crippen LogP contribution in [-0.4, -0.2) is 105 Å². The summed E-state index contributed by atoms with van der Waals surface area (Å²) in [5.74, 6) is 0.569. The van der Waals surface area contributed by atoms with E-state index in [0.29, 0.717) is 63.6 Å². The molecule has 0 aromatic carbocycles. The van der Waals surface area contributed by atoms with Gasteiger partial charge in [0, 0.05) is 95.5 Å². The first kappa shape index (κ1) is 36.1. The lowest BCUT2D eigenvalue weighted by Crippen LogP contribution is -2.48. The molecular formula is C33H51F2N7O3. The molecule has 4 rings (SSSR count). The number of pyridine rings is 1. The molecule has 0 spiro atoms. The van der Waals surface area contributed by atoms with Gasteiger partial charge < -0.3 is 35.3 Å². The normalized spacial score (nSPS) is 20.1. The van der Waals surface area contributed by atoms with Gasteiger partial charge in [-0.1, -0.05) is 18.7 Å². The number of carbonyl (C=O) groups is 1. The molecule has 2 saturated heterocycles. The SMILES string of the molecule is C/C=C\c1c(N(CC)CC)cc(N2CCC(O)(C3=C(C)C=NNCC3COC)CC2)nc1C(F)F.C=CC(=O)N1CCNCC1. The fourth-order valence-electron chi connectivity index (χ4n) is 6.32. The Morgan fingerprint density at radius 3 is 2.47 bits per heavy atom. The second-order valence-corrected chi connectivity index (χ2v) is 11.4. The highest BCUT2D eigenvalue weighted by Crippen LogP contribution is 2.39. The van der Waals surface area contributed by atoms with Crippen LogP contribution in [0.5, 0.6) is 0 Å². The maximum atomic E-state index is 14.1. The van der Waals surface area contributed by atoms with Crippen molar-refractivity contribution in [2.24, 2.45) is 11.0 Å². The summed E-state index contributed by atoms with van der Waals surface area (Å²) in [6, 6.07) is 1.92. The van der Waals surface area contributed by atoms with Gasteiger partial charge in [-0.15, -0.1) is 0 Å². The molecule has 3 N–H and O–H groups in total. The molecule has 0 aliphatic carbocycles. The summed E-state index contributed by atoms with van der Waals surface area (Å²) < 4.78 is 33.6. The van der Waals surface area contributed by atoms with Gasteiger partial charge in [-0.3, -0.25) is 4.79 Å². The van der Waals surface area contributed by atoms with Crippen molar-refractivity contribution < 1.29 is 23.4 Å². The van der Waals surface area contributed by atoms with Crippen LogP contribution in [0.1, 0.15) is 58.2 Å². The number of hydrazone groups is 1. The molecule has 10 nitrogen and oxygen atoms in total. The molecule has 3 aliphatic rings. The summed E-state index contributed by atoms with van der Waals surface area (Å²) in [5, 5.41) is 19.1. The largest absolute Gasteiger partial charge is 0.385 e. The number of halogens is 2. The molecule has 3 aliphatic heterocycles. The number of aliphatic hydroxyl groups is 1. The standard InChI is InChI=1S/C26H39F2N5O2.C7H12N2O/c1-6-9-20-21(32(7-2)8-3)14-22(31-24(20)25(27)28)33-12-10-26(34,11-13-33)23-18(4)15-29-30-16-19(23)17-35-5;1-2-7(10)9-5-3-8-4-6-9/h6,9,14-15,19,25,30,34H,7-8,10-13,16-17H2,1-5H3;2,8H,1,3-6H2/b9-6-;. The molecule has 0 saturated carbocycles. The van der Waals surface area contributed by atoms with Crippen LogP contribution >= 0.6 is 0 Å². The Hall–Kier alpha value is -3.35. The molecule has 2 fully saturated rings. The van der Waals surface area contributed by atoms with E-state index in [9.17, 15) is 18.7 Å². The first-order valence-corrected chi connectivity index (χ1v) is 15.9. The van der Waals surface area contributed by atoms with Gasteiger partial charge in [0.15, 0.2) is 0 Å². The van der Waals surface area contributed by atoms with Crippen LogP contribution in [0.3, 0.4) is 0 Å². The molecule has 1 atom stereocenters. The number of alkyl halides is 2. The van der Waals surface area contributed by atoms with Gasteiger partial charge in [0.25, 0.3) is 6.43 Å². The first-order valence-electron chi connectivity index (χ1n) is 15.9. The number of methoxy groups -OCH3 is 1. The highest BCUT2D eigenvalue weighted by molar-refractivity contribution is 5.87. The van der Waals surface area contributed by atoms with Gasteiger partial charge in [-0.25, -0.2) is 13.8 Å². The topological polar surface area (TPSA) is 106 Å². The fourth-order valence-corrected chi connectivity index (χ4v) is 6.32. The Morgan fingerprint density at radius 2 is 1.91 bits per heavy atom. The number of anilines is 2. The summed E-state index contributed by atoms with van der Waals surface area (Å²) in [6.07, 6.45) is 4.86. The van der Waals surface area contributed by atoms with Gasteiger partial charge in [-0.05, 0) is 57.8 Å². The van der Waals surface area contributed by atoms with Crippen LogP contribution in [0, 0.1) is 5.92 Å². The zero-order valence-corrected chi connectivity index (χ0v) is 27.5. The number of nitrogens with one attached hydrogen (secondary N) is 2. The summed E-state index contributed by atoms with van der Waals surface area (Å²) in [7, 11) is 1.66. The third-order valence-electron chi connectivity index (χ3n) is 8.60. The Morgan fingerprint density at radius 1 is 1.24 bits per heavy atom. The van der Waals surface area contributed by atoms with Gasteiger partial charge in [0.2, 0.25) is 5.91 Å². The molecule has 1 aromatic heterocycles. The molecule has 1 aromatic rings. The van der Waals surface area contributed by atoms with E-state index < -0.39 is 12.0 Å². The Balaban J connectivity index is 0.000000468. The Bertz CT molecular complexity index is 1220. The number of nitrogens with zero attached hydrogens (tertiary/aromatic N) is 5. The molecule has 1 unspecified atom stereocenters. The molecule has 45 heavy (non-hydrogen) atoms. The van der Waals surface area contributed by atoms with E-state index in [-0.39, 0.29) is 17.5 Å². The Kier molecular flexibility index (Phi) is 13.9. The number of ether oxygens (including phenoxy) is 1. The maximum absolute atomic E-state index is 14.1. The predicted octanol–water partition coefficient (Wildman–Crippen LogP) is 4.00. The van der Waals surface area contributed by atoms with Crippen LogP contribution in [0.25, 0.3) is 6.08 Å². The number of allylic oxidation sites excluding steroid dienone is 2. The Labute approximate surface area is 266 Å². The predicted molar refractivity (Wildman–Crippen MR) is 178 cm³/mol. The van der Waals surface area contributed by atoms with E-state index in [1.54, 1.807) is 30.4 Å². The van der Waals surface area contributed by atoms with E-state index in [2.05, 4.69) is 32.3 Å². The number of aromatic nitrogens is 1. The monoisotopic (exact) mass is 631 g/mol. The van der Waals surface area contributed by atoms with Crippen LogP contribution in [0.4, 0.5) is 20.3 Å². The van der Waals surface area contributed by atoms with Crippen molar-refractivity contribution in [1.82, 2.24) is 20.6 Å². The molecule has 1 amide bonds. The van der Waals surface area contributed by atoms with Crippen LogP contribution in [-0.2, 0) is 9.53 Å². The average molecular weight is 632 g/mol. The summed E-state index contributed by atoms with van der Waals surface area (Å²) in [6.45, 7) is 18.2. The van der Waals surface area contributed by atoms with E-state index in [0.717, 1.165) is 43.0 Å². The summed E-state index contributed by atoms with van der Waals surface area (Å²) in [5.41, 5.74) is 4.93. The minimum Gasteiger partial charge on any atom is -0.385 e. The zero-order chi connectivity index (χ0) is 33.0. The van der Waals surface area contributed by atoms with E-state index in [1.807, 2.05) is 38.7 Å². The molecule has 12 heteroatoms. The van der Waals surface area contributed by atoms with E-state index in [4.69, 9.17) is 4.74 Å². The minimum atomic E-state index is -2.68.